The van der Waals surface area contributed by atoms with Gasteiger partial charge in [-0.1, -0.05) is 38.1 Å². The zero-order chi connectivity index (χ0) is 15.4. The third-order valence-corrected chi connectivity index (χ3v) is 4.06. The number of benzene rings is 1. The number of carbonyl (C=O) groups is 1. The Labute approximate surface area is 129 Å². The molecule has 2 aromatic rings. The summed E-state index contributed by atoms with van der Waals surface area (Å²) in [7, 11) is 0. The zero-order valence-corrected chi connectivity index (χ0v) is 13.4. The van der Waals surface area contributed by atoms with Gasteiger partial charge in [0.05, 0.1) is 18.7 Å². The fourth-order valence-electron chi connectivity index (χ4n) is 2.08. The Bertz CT molecular complexity index is 618. The molecule has 1 heterocycles. The van der Waals surface area contributed by atoms with Crippen LogP contribution >= 0.6 is 11.3 Å². The molecule has 2 N–H and O–H groups in total. The molecule has 0 spiro atoms. The van der Waals surface area contributed by atoms with Crippen molar-refractivity contribution in [1.29, 1.82) is 0 Å². The molecule has 1 aromatic heterocycles. The minimum Gasteiger partial charge on any atom is -0.466 e. The molecule has 2 rings (SSSR count). The van der Waals surface area contributed by atoms with Crippen LogP contribution in [0.5, 0.6) is 0 Å². The summed E-state index contributed by atoms with van der Waals surface area (Å²) >= 11 is 1.34. The van der Waals surface area contributed by atoms with E-state index in [1.54, 1.807) is 6.92 Å². The van der Waals surface area contributed by atoms with Gasteiger partial charge in [-0.3, -0.25) is 4.79 Å². The number of thiazole rings is 1. The van der Waals surface area contributed by atoms with E-state index < -0.39 is 0 Å². The number of carbonyl (C=O) groups excluding carboxylic acids is 1. The van der Waals surface area contributed by atoms with Gasteiger partial charge in [-0.05, 0) is 18.4 Å². The largest absolute Gasteiger partial charge is 0.466 e. The van der Waals surface area contributed by atoms with Crippen molar-refractivity contribution >= 4 is 22.4 Å². The van der Waals surface area contributed by atoms with Crippen LogP contribution in [0.25, 0.3) is 11.3 Å². The Morgan fingerprint density at radius 1 is 1.33 bits per heavy atom. The zero-order valence-electron chi connectivity index (χ0n) is 12.6. The fourth-order valence-corrected chi connectivity index (χ4v) is 2.92. The molecule has 0 saturated carbocycles. The second kappa shape index (κ2) is 6.72. The fraction of sp³-hybridized carbons (Fsp3) is 0.375. The number of hydrogen-bond donors (Lipinski definition) is 1. The number of ether oxygens (including phenoxy) is 1. The number of hydrogen-bond acceptors (Lipinski definition) is 5. The maximum Gasteiger partial charge on any atom is 0.311 e. The van der Waals surface area contributed by atoms with Crippen LogP contribution in [0.4, 0.5) is 5.13 Å². The first kappa shape index (κ1) is 15.5. The van der Waals surface area contributed by atoms with Crippen LogP contribution in [0.1, 0.15) is 37.1 Å². The topological polar surface area (TPSA) is 65.2 Å². The molecule has 0 fully saturated rings. The van der Waals surface area contributed by atoms with Gasteiger partial charge in [0.15, 0.2) is 5.13 Å². The van der Waals surface area contributed by atoms with Gasteiger partial charge in [-0.25, -0.2) is 4.98 Å². The van der Waals surface area contributed by atoms with Gasteiger partial charge in [-0.15, -0.1) is 11.3 Å². The van der Waals surface area contributed by atoms with Crippen LogP contribution in [0.2, 0.25) is 0 Å². The van der Waals surface area contributed by atoms with Crippen molar-refractivity contribution in [2.45, 2.75) is 33.1 Å². The van der Waals surface area contributed by atoms with Gasteiger partial charge < -0.3 is 10.5 Å². The lowest BCUT2D eigenvalue weighted by molar-refractivity contribution is -0.142. The normalized spacial score (nSPS) is 10.9. The van der Waals surface area contributed by atoms with Crippen LogP contribution in [-0.4, -0.2) is 17.6 Å². The molecular weight excluding hydrogens is 284 g/mol. The molecule has 0 aliphatic carbocycles. The third kappa shape index (κ3) is 3.82. The van der Waals surface area contributed by atoms with Gasteiger partial charge >= 0.3 is 5.97 Å². The SMILES string of the molecule is CCOC(=O)Cc1sc(N)nc1-c1ccc(C(C)C)cc1. The number of nitrogen functional groups attached to an aromatic ring is 1. The Morgan fingerprint density at radius 3 is 2.57 bits per heavy atom. The van der Waals surface area contributed by atoms with Crippen LogP contribution < -0.4 is 5.73 Å². The van der Waals surface area contributed by atoms with Crippen molar-refractivity contribution in [3.8, 4) is 11.3 Å². The van der Waals surface area contributed by atoms with Crippen LogP contribution in [0.15, 0.2) is 24.3 Å². The van der Waals surface area contributed by atoms with E-state index in [0.29, 0.717) is 17.7 Å². The number of aromatic nitrogens is 1. The van der Waals surface area contributed by atoms with Gasteiger partial charge in [-0.2, -0.15) is 0 Å². The molecule has 5 heteroatoms. The number of anilines is 1. The average Bonchev–Trinajstić information content (AvgIpc) is 2.79. The maximum absolute atomic E-state index is 11.7. The smallest absolute Gasteiger partial charge is 0.311 e. The monoisotopic (exact) mass is 304 g/mol. The Balaban J connectivity index is 2.28. The summed E-state index contributed by atoms with van der Waals surface area (Å²) in [6.45, 7) is 6.49. The van der Waals surface area contributed by atoms with Crippen LogP contribution in [0.3, 0.4) is 0 Å². The van der Waals surface area contributed by atoms with E-state index in [1.165, 1.54) is 16.9 Å². The van der Waals surface area contributed by atoms with E-state index in [-0.39, 0.29) is 12.4 Å². The number of esters is 1. The Morgan fingerprint density at radius 2 is 2.00 bits per heavy atom. The first-order valence-corrected chi connectivity index (χ1v) is 7.84. The molecule has 0 bridgehead atoms. The minimum absolute atomic E-state index is 0.212. The summed E-state index contributed by atoms with van der Waals surface area (Å²) in [5.41, 5.74) is 8.83. The minimum atomic E-state index is -0.249. The number of rotatable bonds is 5. The molecular formula is C16H20N2O2S. The Kier molecular flexibility index (Phi) is 4.96. The molecule has 0 saturated heterocycles. The quantitative estimate of drug-likeness (QED) is 0.857. The van der Waals surface area contributed by atoms with Gasteiger partial charge in [0.2, 0.25) is 0 Å². The first-order valence-electron chi connectivity index (χ1n) is 7.02. The highest BCUT2D eigenvalue weighted by molar-refractivity contribution is 7.15. The van der Waals surface area contributed by atoms with Gasteiger partial charge in [0, 0.05) is 10.4 Å². The molecule has 0 unspecified atom stereocenters. The van der Waals surface area contributed by atoms with Crippen LogP contribution in [0, 0.1) is 0 Å². The van der Waals surface area contributed by atoms with E-state index in [9.17, 15) is 4.79 Å². The van der Waals surface area contributed by atoms with E-state index in [0.717, 1.165) is 16.1 Å². The van der Waals surface area contributed by atoms with Crippen molar-refractivity contribution in [1.82, 2.24) is 4.98 Å². The molecule has 0 amide bonds. The third-order valence-electron chi connectivity index (χ3n) is 3.17. The molecule has 0 atom stereocenters. The van der Waals surface area contributed by atoms with E-state index in [4.69, 9.17) is 10.5 Å². The molecule has 0 aliphatic rings. The molecule has 21 heavy (non-hydrogen) atoms. The molecule has 1 aromatic carbocycles. The van der Waals surface area contributed by atoms with Crippen molar-refractivity contribution in [3.05, 3.63) is 34.7 Å². The predicted octanol–water partition coefficient (Wildman–Crippen LogP) is 3.62. The lowest BCUT2D eigenvalue weighted by Gasteiger charge is -2.07. The highest BCUT2D eigenvalue weighted by atomic mass is 32.1. The molecule has 0 radical (unpaired) electrons. The summed E-state index contributed by atoms with van der Waals surface area (Å²) in [4.78, 5) is 16.9. The standard InChI is InChI=1S/C16H20N2O2S/c1-4-20-14(19)9-13-15(18-16(17)21-13)12-7-5-11(6-8-12)10(2)3/h5-8,10H,4,9H2,1-3H3,(H2,17,18). The summed E-state index contributed by atoms with van der Waals surface area (Å²) in [6.07, 6.45) is 0.212. The number of nitrogens with two attached hydrogens (primary N) is 1. The second-order valence-corrected chi connectivity index (χ2v) is 6.20. The van der Waals surface area contributed by atoms with Crippen molar-refractivity contribution in [3.63, 3.8) is 0 Å². The van der Waals surface area contributed by atoms with Crippen molar-refractivity contribution in [2.24, 2.45) is 0 Å². The predicted molar refractivity (Wildman–Crippen MR) is 86.4 cm³/mol. The lowest BCUT2D eigenvalue weighted by Crippen LogP contribution is -2.07. The summed E-state index contributed by atoms with van der Waals surface area (Å²) in [6, 6.07) is 8.23. The summed E-state index contributed by atoms with van der Waals surface area (Å²) in [5.74, 6) is 0.236. The summed E-state index contributed by atoms with van der Waals surface area (Å²) < 4.78 is 5.00. The van der Waals surface area contributed by atoms with Gasteiger partial charge in [0.1, 0.15) is 0 Å². The van der Waals surface area contributed by atoms with Crippen LogP contribution in [-0.2, 0) is 16.0 Å². The van der Waals surface area contributed by atoms with Crippen molar-refractivity contribution in [2.75, 3.05) is 12.3 Å². The van der Waals surface area contributed by atoms with E-state index in [2.05, 4.69) is 31.0 Å². The van der Waals surface area contributed by atoms with Gasteiger partial charge in [0.25, 0.3) is 0 Å². The second-order valence-electron chi connectivity index (χ2n) is 5.08. The van der Waals surface area contributed by atoms with E-state index in [1.807, 2.05) is 12.1 Å². The molecule has 0 aliphatic heterocycles. The first-order chi connectivity index (χ1) is 10.0. The highest BCUT2D eigenvalue weighted by Crippen LogP contribution is 2.31. The highest BCUT2D eigenvalue weighted by Gasteiger charge is 2.16. The Hall–Kier alpha value is -1.88. The average molecular weight is 304 g/mol. The van der Waals surface area contributed by atoms with Crippen molar-refractivity contribution < 1.29 is 9.53 Å². The van der Waals surface area contributed by atoms with E-state index >= 15 is 0 Å². The summed E-state index contributed by atoms with van der Waals surface area (Å²) in [5, 5.41) is 0.470. The molecule has 4 nitrogen and oxygen atoms in total. The maximum atomic E-state index is 11.7. The number of nitrogens with zero attached hydrogens (tertiary/aromatic N) is 1. The molecule has 112 valence electrons. The lowest BCUT2D eigenvalue weighted by atomic mass is 10.0.